The lowest BCUT2D eigenvalue weighted by atomic mass is 10.2. The number of benzene rings is 2. The summed E-state index contributed by atoms with van der Waals surface area (Å²) < 4.78 is 66.9. The van der Waals surface area contributed by atoms with Gasteiger partial charge in [-0.15, -0.1) is 13.2 Å². The number of nitrogens with zero attached hydrogens (tertiary/aromatic N) is 1. The Morgan fingerprint density at radius 2 is 1.83 bits per heavy atom. The molecule has 0 saturated carbocycles. The van der Waals surface area contributed by atoms with E-state index in [0.717, 1.165) is 12.1 Å². The Balaban J connectivity index is 2.12. The second-order valence-corrected chi connectivity index (χ2v) is 6.43. The largest absolute Gasteiger partial charge is 0.573 e. The van der Waals surface area contributed by atoms with Gasteiger partial charge in [-0.05, 0) is 35.9 Å². The third kappa shape index (κ3) is 4.97. The molecule has 0 radical (unpaired) electrons. The van der Waals surface area contributed by atoms with Gasteiger partial charge < -0.3 is 4.74 Å². The monoisotopic (exact) mass is 356 g/mol. The molecule has 1 N–H and O–H groups in total. The molecule has 0 aliphatic carbocycles. The molecule has 0 atom stereocenters. The standard InChI is InChI=1S/C15H11F3N2O3S/c16-15(17,18)23-13-5-1-4-12(7-13)10-20-24(21,22)14-6-2-3-11(8-14)9-19/h1-8,20H,10H2. The molecule has 2 rings (SSSR count). The summed E-state index contributed by atoms with van der Waals surface area (Å²) in [6.45, 7) is -0.228. The van der Waals surface area contributed by atoms with Crippen molar-refractivity contribution in [3.05, 3.63) is 59.7 Å². The van der Waals surface area contributed by atoms with Crippen LogP contribution in [0.4, 0.5) is 13.2 Å². The van der Waals surface area contributed by atoms with Crippen molar-refractivity contribution in [1.29, 1.82) is 5.26 Å². The number of halogens is 3. The van der Waals surface area contributed by atoms with E-state index in [1.54, 1.807) is 0 Å². The van der Waals surface area contributed by atoms with Crippen LogP contribution < -0.4 is 9.46 Å². The summed E-state index contributed by atoms with van der Waals surface area (Å²) in [5.74, 6) is -0.439. The lowest BCUT2D eigenvalue weighted by Gasteiger charge is -2.11. The average Bonchev–Trinajstić information content (AvgIpc) is 2.52. The molecule has 0 amide bonds. The van der Waals surface area contributed by atoms with Gasteiger partial charge in [-0.3, -0.25) is 0 Å². The third-order valence-electron chi connectivity index (χ3n) is 2.87. The third-order valence-corrected chi connectivity index (χ3v) is 4.27. The molecule has 0 unspecified atom stereocenters. The molecule has 9 heteroatoms. The summed E-state index contributed by atoms with van der Waals surface area (Å²) in [5.41, 5.74) is 0.468. The van der Waals surface area contributed by atoms with Crippen LogP contribution in [0.25, 0.3) is 0 Å². The van der Waals surface area contributed by atoms with Gasteiger partial charge in [-0.2, -0.15) is 5.26 Å². The fourth-order valence-corrected chi connectivity index (χ4v) is 2.91. The predicted molar refractivity (Wildman–Crippen MR) is 78.3 cm³/mol. The normalized spacial score (nSPS) is 11.8. The molecule has 24 heavy (non-hydrogen) atoms. The van der Waals surface area contributed by atoms with Gasteiger partial charge in [0.05, 0.1) is 16.5 Å². The lowest BCUT2D eigenvalue weighted by Crippen LogP contribution is -2.23. The second kappa shape index (κ2) is 6.90. The van der Waals surface area contributed by atoms with Crippen molar-refractivity contribution in [3.8, 4) is 11.8 Å². The Kier molecular flexibility index (Phi) is 5.11. The lowest BCUT2D eigenvalue weighted by molar-refractivity contribution is -0.274. The van der Waals surface area contributed by atoms with Gasteiger partial charge in [0.15, 0.2) is 0 Å². The minimum atomic E-state index is -4.82. The minimum Gasteiger partial charge on any atom is -0.406 e. The molecule has 0 heterocycles. The first kappa shape index (κ1) is 17.8. The highest BCUT2D eigenvalue weighted by molar-refractivity contribution is 7.89. The molecule has 126 valence electrons. The SMILES string of the molecule is N#Cc1cccc(S(=O)(=O)NCc2cccc(OC(F)(F)F)c2)c1. The van der Waals surface area contributed by atoms with Crippen LogP contribution in [0.3, 0.4) is 0 Å². The van der Waals surface area contributed by atoms with Crippen molar-refractivity contribution in [2.75, 3.05) is 0 Å². The Labute approximate surface area is 136 Å². The molecule has 0 aliphatic rings. The maximum atomic E-state index is 12.2. The zero-order valence-corrected chi connectivity index (χ0v) is 12.9. The Morgan fingerprint density at radius 1 is 1.12 bits per heavy atom. The van der Waals surface area contributed by atoms with E-state index < -0.39 is 22.1 Å². The topological polar surface area (TPSA) is 79.2 Å². The van der Waals surface area contributed by atoms with E-state index >= 15 is 0 Å². The van der Waals surface area contributed by atoms with Gasteiger partial charge >= 0.3 is 6.36 Å². The number of nitrogens with one attached hydrogen (secondary N) is 1. The van der Waals surface area contributed by atoms with Gasteiger partial charge in [0.2, 0.25) is 10.0 Å². The fourth-order valence-electron chi connectivity index (χ4n) is 1.85. The molecule has 0 saturated heterocycles. The first-order valence-corrected chi connectivity index (χ1v) is 8.02. The zero-order valence-electron chi connectivity index (χ0n) is 12.0. The summed E-state index contributed by atoms with van der Waals surface area (Å²) >= 11 is 0. The van der Waals surface area contributed by atoms with Crippen molar-refractivity contribution in [3.63, 3.8) is 0 Å². The summed E-state index contributed by atoms with van der Waals surface area (Å²) in [6, 6.07) is 12.2. The number of nitriles is 1. The molecule has 2 aromatic rings. The van der Waals surface area contributed by atoms with Gasteiger partial charge in [0, 0.05) is 6.54 Å². The Hall–Kier alpha value is -2.57. The maximum Gasteiger partial charge on any atom is 0.573 e. The molecule has 0 bridgehead atoms. The number of alkyl halides is 3. The number of sulfonamides is 1. The molecular formula is C15H11F3N2O3S. The Bertz CT molecular complexity index is 874. The highest BCUT2D eigenvalue weighted by Crippen LogP contribution is 2.23. The first-order chi connectivity index (χ1) is 11.2. The summed E-state index contributed by atoms with van der Waals surface area (Å²) in [5, 5.41) is 8.79. The van der Waals surface area contributed by atoms with Crippen molar-refractivity contribution in [1.82, 2.24) is 4.72 Å². The maximum absolute atomic E-state index is 12.2. The van der Waals surface area contributed by atoms with Gasteiger partial charge in [-0.25, -0.2) is 13.1 Å². The second-order valence-electron chi connectivity index (χ2n) is 4.66. The van der Waals surface area contributed by atoms with Crippen molar-refractivity contribution >= 4 is 10.0 Å². The summed E-state index contributed by atoms with van der Waals surface area (Å²) in [6.07, 6.45) is -4.82. The summed E-state index contributed by atoms with van der Waals surface area (Å²) in [4.78, 5) is -0.107. The highest BCUT2D eigenvalue weighted by atomic mass is 32.2. The molecule has 2 aromatic carbocycles. The van der Waals surface area contributed by atoms with E-state index in [9.17, 15) is 21.6 Å². The van der Waals surface area contributed by atoms with Crippen LogP contribution in [0.2, 0.25) is 0 Å². The van der Waals surface area contributed by atoms with E-state index in [2.05, 4.69) is 9.46 Å². The van der Waals surface area contributed by atoms with E-state index in [1.165, 1.54) is 36.4 Å². The van der Waals surface area contributed by atoms with Crippen LogP contribution in [-0.2, 0) is 16.6 Å². The van der Waals surface area contributed by atoms with E-state index in [1.807, 2.05) is 6.07 Å². The van der Waals surface area contributed by atoms with E-state index in [4.69, 9.17) is 5.26 Å². The molecule has 0 fully saturated rings. The van der Waals surface area contributed by atoms with Crippen LogP contribution in [0.15, 0.2) is 53.4 Å². The Morgan fingerprint density at radius 3 is 2.50 bits per heavy atom. The molecule has 0 aromatic heterocycles. The first-order valence-electron chi connectivity index (χ1n) is 6.54. The molecular weight excluding hydrogens is 345 g/mol. The molecule has 0 spiro atoms. The number of hydrogen-bond donors (Lipinski definition) is 1. The van der Waals surface area contributed by atoms with Crippen LogP contribution in [-0.4, -0.2) is 14.8 Å². The molecule has 5 nitrogen and oxygen atoms in total. The van der Waals surface area contributed by atoms with Crippen molar-refractivity contribution in [2.24, 2.45) is 0 Å². The summed E-state index contributed by atoms with van der Waals surface area (Å²) in [7, 11) is -3.90. The minimum absolute atomic E-state index is 0.107. The van der Waals surface area contributed by atoms with Crippen LogP contribution in [0.1, 0.15) is 11.1 Å². The van der Waals surface area contributed by atoms with Gasteiger partial charge in [0.1, 0.15) is 5.75 Å². The van der Waals surface area contributed by atoms with Gasteiger partial charge in [0.25, 0.3) is 0 Å². The smallest absolute Gasteiger partial charge is 0.406 e. The highest BCUT2D eigenvalue weighted by Gasteiger charge is 2.31. The fraction of sp³-hybridized carbons (Fsp3) is 0.133. The zero-order chi connectivity index (χ0) is 17.8. The number of rotatable bonds is 5. The van der Waals surface area contributed by atoms with Crippen LogP contribution >= 0.6 is 0 Å². The van der Waals surface area contributed by atoms with Crippen LogP contribution in [0, 0.1) is 11.3 Å². The van der Waals surface area contributed by atoms with Crippen LogP contribution in [0.5, 0.6) is 5.75 Å². The average molecular weight is 356 g/mol. The van der Waals surface area contributed by atoms with Crippen molar-refractivity contribution < 1.29 is 26.3 Å². The van der Waals surface area contributed by atoms with E-state index in [0.29, 0.717) is 0 Å². The quantitative estimate of drug-likeness (QED) is 0.893. The van der Waals surface area contributed by atoms with E-state index in [-0.39, 0.29) is 22.6 Å². The number of ether oxygens (including phenoxy) is 1. The predicted octanol–water partition coefficient (Wildman–Crippen LogP) is 2.94. The molecule has 0 aliphatic heterocycles. The van der Waals surface area contributed by atoms with Gasteiger partial charge in [-0.1, -0.05) is 18.2 Å². The number of hydrogen-bond acceptors (Lipinski definition) is 4. The van der Waals surface area contributed by atoms with Crippen molar-refractivity contribution in [2.45, 2.75) is 17.8 Å².